The van der Waals surface area contributed by atoms with Crippen LogP contribution in [0, 0.1) is 21.4 Å². The minimum atomic E-state index is -0.517. The molecule has 0 spiro atoms. The summed E-state index contributed by atoms with van der Waals surface area (Å²) in [5.41, 5.74) is 0.530. The number of ether oxygens (including phenoxy) is 1. The van der Waals surface area contributed by atoms with Crippen LogP contribution >= 0.6 is 0 Å². The molecule has 7 nitrogen and oxygen atoms in total. The largest absolute Gasteiger partial charge is 0.466 e. The Labute approximate surface area is 116 Å². The van der Waals surface area contributed by atoms with Crippen molar-refractivity contribution in [1.29, 1.82) is 5.26 Å². The van der Waals surface area contributed by atoms with E-state index in [1.165, 1.54) is 18.2 Å². The van der Waals surface area contributed by atoms with Crippen LogP contribution in [-0.2, 0) is 9.53 Å². The van der Waals surface area contributed by atoms with Gasteiger partial charge in [0.15, 0.2) is 0 Å². The molecule has 1 aromatic carbocycles. The van der Waals surface area contributed by atoms with Gasteiger partial charge < -0.3 is 9.64 Å². The number of carbonyl (C=O) groups excluding carboxylic acids is 1. The van der Waals surface area contributed by atoms with Crippen molar-refractivity contribution in [2.45, 2.75) is 13.3 Å². The van der Waals surface area contributed by atoms with Crippen LogP contribution in [0.4, 0.5) is 11.4 Å². The van der Waals surface area contributed by atoms with Gasteiger partial charge in [-0.05, 0) is 19.1 Å². The number of carbonyl (C=O) groups is 1. The highest BCUT2D eigenvalue weighted by atomic mass is 16.6. The maximum Gasteiger partial charge on any atom is 0.307 e. The predicted molar refractivity (Wildman–Crippen MR) is 72.3 cm³/mol. The Morgan fingerprint density at radius 3 is 2.80 bits per heavy atom. The van der Waals surface area contributed by atoms with E-state index in [9.17, 15) is 14.9 Å². The molecule has 7 heteroatoms. The Kier molecular flexibility index (Phi) is 5.47. The van der Waals surface area contributed by atoms with Crippen molar-refractivity contribution in [3.63, 3.8) is 0 Å². The van der Waals surface area contributed by atoms with E-state index in [1.807, 2.05) is 6.07 Å². The van der Waals surface area contributed by atoms with Crippen molar-refractivity contribution in [3.8, 4) is 6.07 Å². The van der Waals surface area contributed by atoms with Crippen LogP contribution in [0.25, 0.3) is 0 Å². The number of nitro benzene ring substituents is 1. The van der Waals surface area contributed by atoms with E-state index < -0.39 is 4.92 Å². The highest BCUT2D eigenvalue weighted by molar-refractivity contribution is 5.71. The summed E-state index contributed by atoms with van der Waals surface area (Å²) in [7, 11) is 1.63. The number of hydrogen-bond acceptors (Lipinski definition) is 6. The highest BCUT2D eigenvalue weighted by Gasteiger charge is 2.18. The number of nitriles is 1. The summed E-state index contributed by atoms with van der Waals surface area (Å²) in [4.78, 5) is 23.3. The summed E-state index contributed by atoms with van der Waals surface area (Å²) in [5, 5.41) is 19.8. The van der Waals surface area contributed by atoms with Gasteiger partial charge in [0, 0.05) is 19.7 Å². The number of esters is 1. The molecule has 0 aliphatic rings. The van der Waals surface area contributed by atoms with Crippen LogP contribution < -0.4 is 4.90 Å². The zero-order chi connectivity index (χ0) is 15.1. The van der Waals surface area contributed by atoms with Gasteiger partial charge in [-0.1, -0.05) is 0 Å². The molecule has 20 heavy (non-hydrogen) atoms. The van der Waals surface area contributed by atoms with Crippen molar-refractivity contribution in [3.05, 3.63) is 33.9 Å². The molecule has 0 saturated heterocycles. The molecule has 0 aliphatic carbocycles. The standard InChI is InChI=1S/C13H15N3O4/c1-3-20-13(17)6-7-15(2)12-8-10(9-14)4-5-11(12)16(18)19/h4-5,8H,3,6-7H2,1-2H3. The maximum atomic E-state index is 11.3. The summed E-state index contributed by atoms with van der Waals surface area (Å²) < 4.78 is 4.80. The zero-order valence-corrected chi connectivity index (χ0v) is 11.3. The molecule has 0 N–H and O–H groups in total. The summed E-state index contributed by atoms with van der Waals surface area (Å²) in [6.45, 7) is 2.28. The van der Waals surface area contributed by atoms with Crippen LogP contribution in [0.5, 0.6) is 0 Å². The van der Waals surface area contributed by atoms with Gasteiger partial charge >= 0.3 is 5.97 Å². The summed E-state index contributed by atoms with van der Waals surface area (Å²) >= 11 is 0. The molecular weight excluding hydrogens is 262 g/mol. The van der Waals surface area contributed by atoms with E-state index in [2.05, 4.69) is 0 Å². The smallest absolute Gasteiger partial charge is 0.307 e. The highest BCUT2D eigenvalue weighted by Crippen LogP contribution is 2.28. The first-order valence-corrected chi connectivity index (χ1v) is 6.05. The fourth-order valence-electron chi connectivity index (χ4n) is 1.67. The summed E-state index contributed by atoms with van der Waals surface area (Å²) in [5.74, 6) is -0.363. The Bertz CT molecular complexity index is 551. The third-order valence-corrected chi connectivity index (χ3v) is 2.67. The topological polar surface area (TPSA) is 96.5 Å². The molecule has 0 atom stereocenters. The van der Waals surface area contributed by atoms with E-state index in [1.54, 1.807) is 18.9 Å². The maximum absolute atomic E-state index is 11.3. The van der Waals surface area contributed by atoms with E-state index in [0.29, 0.717) is 17.9 Å². The number of anilines is 1. The molecule has 0 amide bonds. The van der Waals surface area contributed by atoms with Gasteiger partial charge in [0.05, 0.1) is 29.6 Å². The van der Waals surface area contributed by atoms with Gasteiger partial charge in [0.25, 0.3) is 5.69 Å². The lowest BCUT2D eigenvalue weighted by molar-refractivity contribution is -0.384. The van der Waals surface area contributed by atoms with Crippen molar-refractivity contribution in [1.82, 2.24) is 0 Å². The second-order valence-corrected chi connectivity index (χ2v) is 4.05. The van der Waals surface area contributed by atoms with E-state index in [0.717, 1.165) is 0 Å². The van der Waals surface area contributed by atoms with Crippen molar-refractivity contribution >= 4 is 17.3 Å². The molecule has 0 radical (unpaired) electrons. The molecular formula is C13H15N3O4. The summed E-state index contributed by atoms with van der Waals surface area (Å²) in [6, 6.07) is 6.04. The Hall–Kier alpha value is -2.62. The fraction of sp³-hybridized carbons (Fsp3) is 0.385. The molecule has 0 bridgehead atoms. The van der Waals surface area contributed by atoms with E-state index >= 15 is 0 Å². The first-order chi connectivity index (χ1) is 9.49. The van der Waals surface area contributed by atoms with Crippen molar-refractivity contribution < 1.29 is 14.5 Å². The van der Waals surface area contributed by atoms with Gasteiger partial charge in [-0.3, -0.25) is 14.9 Å². The number of nitro groups is 1. The molecule has 0 aromatic heterocycles. The number of benzene rings is 1. The Balaban J connectivity index is 2.90. The predicted octanol–water partition coefficient (Wildman–Crippen LogP) is 1.86. The number of hydrogen-bond donors (Lipinski definition) is 0. The van der Waals surface area contributed by atoms with Crippen LogP contribution in [0.1, 0.15) is 18.9 Å². The average Bonchev–Trinajstić information content (AvgIpc) is 2.44. The number of nitrogens with zero attached hydrogens (tertiary/aromatic N) is 3. The first-order valence-electron chi connectivity index (χ1n) is 6.05. The molecule has 1 aromatic rings. The quantitative estimate of drug-likeness (QED) is 0.447. The van der Waals surface area contributed by atoms with E-state index in [-0.39, 0.29) is 24.6 Å². The van der Waals surface area contributed by atoms with Gasteiger partial charge in [0.1, 0.15) is 5.69 Å². The minimum Gasteiger partial charge on any atom is -0.466 e. The molecule has 0 saturated carbocycles. The van der Waals surface area contributed by atoms with Gasteiger partial charge in [-0.2, -0.15) is 5.26 Å². The van der Waals surface area contributed by atoms with Gasteiger partial charge in [-0.25, -0.2) is 0 Å². The second-order valence-electron chi connectivity index (χ2n) is 4.05. The molecule has 0 fully saturated rings. The van der Waals surface area contributed by atoms with Crippen LogP contribution in [0.15, 0.2) is 18.2 Å². The van der Waals surface area contributed by atoms with Crippen molar-refractivity contribution in [2.24, 2.45) is 0 Å². The fourth-order valence-corrected chi connectivity index (χ4v) is 1.67. The first kappa shape index (κ1) is 15.4. The molecule has 106 valence electrons. The van der Waals surface area contributed by atoms with Crippen LogP contribution in [0.2, 0.25) is 0 Å². The number of rotatable bonds is 6. The monoisotopic (exact) mass is 277 g/mol. The normalized spacial score (nSPS) is 9.65. The second kappa shape index (κ2) is 7.09. The average molecular weight is 277 g/mol. The summed E-state index contributed by atoms with van der Waals surface area (Å²) in [6.07, 6.45) is 0.123. The molecule has 1 rings (SSSR count). The Morgan fingerprint density at radius 1 is 1.55 bits per heavy atom. The lowest BCUT2D eigenvalue weighted by Gasteiger charge is -2.18. The Morgan fingerprint density at radius 2 is 2.25 bits per heavy atom. The lowest BCUT2D eigenvalue weighted by Crippen LogP contribution is -2.23. The third-order valence-electron chi connectivity index (χ3n) is 2.67. The van der Waals surface area contributed by atoms with Crippen LogP contribution in [0.3, 0.4) is 0 Å². The van der Waals surface area contributed by atoms with Crippen molar-refractivity contribution in [2.75, 3.05) is 25.1 Å². The zero-order valence-electron chi connectivity index (χ0n) is 11.3. The van der Waals surface area contributed by atoms with Gasteiger partial charge in [-0.15, -0.1) is 0 Å². The van der Waals surface area contributed by atoms with Crippen LogP contribution in [-0.4, -0.2) is 31.1 Å². The third kappa shape index (κ3) is 3.95. The molecule has 0 heterocycles. The van der Waals surface area contributed by atoms with E-state index in [4.69, 9.17) is 10.00 Å². The van der Waals surface area contributed by atoms with Gasteiger partial charge in [0.2, 0.25) is 0 Å². The molecule has 0 unspecified atom stereocenters. The minimum absolute atomic E-state index is 0.102. The SMILES string of the molecule is CCOC(=O)CCN(C)c1cc(C#N)ccc1[N+](=O)[O-]. The molecule has 0 aliphatic heterocycles. The lowest BCUT2D eigenvalue weighted by atomic mass is 10.1.